The quantitative estimate of drug-likeness (QED) is 0.0151. The predicted octanol–water partition coefficient (Wildman–Crippen LogP) is 1.96. The van der Waals surface area contributed by atoms with E-state index in [-0.39, 0.29) is 142 Å². The molecule has 3 fully saturated rings. The van der Waals surface area contributed by atoms with Crippen molar-refractivity contribution in [3.05, 3.63) is 0 Å². The number of carbonyl (C=O) groups excluding carboxylic acids is 12. The molecule has 23 nitrogen and oxygen atoms in total. The lowest BCUT2D eigenvalue weighted by Gasteiger charge is -2.22. The number of amides is 11. The predicted molar refractivity (Wildman–Crippen MR) is 309 cm³/mol. The van der Waals surface area contributed by atoms with E-state index in [2.05, 4.69) is 41.1 Å². The highest BCUT2D eigenvalue weighted by molar-refractivity contribution is 8.00. The average molecular weight is 1180 g/mol. The number of hydrogen-bond acceptors (Lipinski definition) is 16. The Morgan fingerprint density at radius 1 is 0.613 bits per heavy atom. The number of unbranched alkanes of at least 4 members (excludes halogenated alkanes) is 10. The maximum atomic E-state index is 13.1. The zero-order chi connectivity index (χ0) is 58.5. The maximum absolute atomic E-state index is 13.1. The number of primary amides is 1. The summed E-state index contributed by atoms with van der Waals surface area (Å²) in [6.07, 6.45) is 16.2. The summed E-state index contributed by atoms with van der Waals surface area (Å²) in [5, 5.41) is 16.8. The van der Waals surface area contributed by atoms with Gasteiger partial charge in [0.15, 0.2) is 0 Å². The van der Waals surface area contributed by atoms with E-state index < -0.39 is 16.4 Å². The summed E-state index contributed by atoms with van der Waals surface area (Å²) in [6, 6.07) is 0. The van der Waals surface area contributed by atoms with Crippen molar-refractivity contribution in [3.8, 4) is 0 Å². The van der Waals surface area contributed by atoms with E-state index in [1.807, 2.05) is 0 Å². The largest absolute Gasteiger partial charge is 0.370 e. The first-order valence-electron chi connectivity index (χ1n) is 28.9. The van der Waals surface area contributed by atoms with Crippen LogP contribution in [0.1, 0.15) is 161 Å². The highest BCUT2D eigenvalue weighted by Crippen LogP contribution is 2.27. The first kappa shape index (κ1) is 69.6. The zero-order valence-corrected chi connectivity index (χ0v) is 49.8. The van der Waals surface area contributed by atoms with Crippen molar-refractivity contribution in [2.45, 2.75) is 189 Å². The van der Waals surface area contributed by atoms with Crippen LogP contribution in [0.5, 0.6) is 0 Å². The van der Waals surface area contributed by atoms with Gasteiger partial charge in [0.2, 0.25) is 65.0 Å². The van der Waals surface area contributed by atoms with Crippen LogP contribution in [-0.2, 0) is 62.3 Å². The summed E-state index contributed by atoms with van der Waals surface area (Å²) in [6.45, 7) is 4.07. The number of nitrogens with one attached hydrogen (secondary N) is 6. The lowest BCUT2D eigenvalue weighted by molar-refractivity contribution is -0.140. The minimum absolute atomic E-state index is 0.0104. The fourth-order valence-corrected chi connectivity index (χ4v) is 11.6. The second kappa shape index (κ2) is 41.3. The van der Waals surface area contributed by atoms with Gasteiger partial charge < -0.3 is 46.7 Å². The Labute approximate surface area is 483 Å². The van der Waals surface area contributed by atoms with Crippen LogP contribution in [-0.4, -0.2) is 192 Å². The number of epoxide rings is 1. The lowest BCUT2D eigenvalue weighted by Crippen LogP contribution is -2.36. The molecule has 5 unspecified atom stereocenters. The second-order valence-corrected chi connectivity index (χ2v) is 23.9. The Kier molecular flexibility index (Phi) is 35.9. The normalized spacial score (nSPS) is 18.0. The summed E-state index contributed by atoms with van der Waals surface area (Å²) in [7, 11) is 4.02. The van der Waals surface area contributed by atoms with Crippen LogP contribution < -0.4 is 37.6 Å². The molecular weight excluding hydrogens is 1090 g/mol. The van der Waals surface area contributed by atoms with E-state index in [1.165, 1.54) is 33.3 Å². The topological polar surface area (TPSA) is 325 Å². The SMILES string of the molecule is CN(CCCC(=O)NCCCCCC(=O)NCCCCCCNC(=O)CCSC1CC(=O)N(CCC(N)=O)C1=O)C(=O)C(CC=O)SCCC(=O)NCCCCCCNC1O[C@@H]1CCCCCNC(=O)CCN1C(=O)CC(P)C1=O. The zero-order valence-electron chi connectivity index (χ0n) is 47.0. The smallest absolute Gasteiger partial charge is 0.242 e. The third-order valence-electron chi connectivity index (χ3n) is 13.8. The number of hydrogen-bond donors (Lipinski definition) is 7. The molecule has 8 N–H and O–H groups in total. The van der Waals surface area contributed by atoms with E-state index in [0.717, 1.165) is 101 Å². The van der Waals surface area contributed by atoms with Crippen molar-refractivity contribution in [2.75, 3.05) is 77.5 Å². The molecule has 3 aliphatic heterocycles. The highest BCUT2D eigenvalue weighted by atomic mass is 32.2. The number of nitrogens with two attached hydrogens (primary N) is 1. The number of nitrogens with zero attached hydrogens (tertiary/aromatic N) is 3. The Hall–Kier alpha value is -4.71. The molecule has 26 heteroatoms. The van der Waals surface area contributed by atoms with Gasteiger partial charge in [0, 0.05) is 129 Å². The Balaban J connectivity index is 1.05. The van der Waals surface area contributed by atoms with Gasteiger partial charge in [-0.15, -0.1) is 32.8 Å². The van der Waals surface area contributed by atoms with Crippen molar-refractivity contribution in [2.24, 2.45) is 5.73 Å². The molecule has 11 amide bonds. The maximum Gasteiger partial charge on any atom is 0.242 e. The molecule has 0 spiro atoms. The van der Waals surface area contributed by atoms with E-state index in [4.69, 9.17) is 10.5 Å². The molecule has 6 atom stereocenters. The molecule has 3 rings (SSSR count). The standard InChI is InChI=1S/C54H91N10O13PS2/c1-62(31-16-19-45(68)57-28-15-7-9-18-44(67)56-25-10-2-3-11-26-60-48(71)24-36-80-42-38-50(73)64(54(42)76)32-20-43(55)66)53(75)41(22-34-65)79-35-23-47(70)59-27-12-4-5-13-30-61-51-39(77-51)17-8-6-14-29-58-46(69)21-33-63-49(72)37-40(78)52(63)74/h34,39-42,51,61H,2-33,35-38,78H2,1H3,(H2,55,66)(H,56,67)(H,57,68)(H,58,69)(H,59,70)(H,60,71)/t39-,40?,41?,42?,51?/m1/s1. The number of ether oxygens (including phenoxy) is 1. The van der Waals surface area contributed by atoms with Crippen molar-refractivity contribution in [1.82, 2.24) is 46.6 Å². The fraction of sp³-hybridized carbons (Fsp3) is 0.778. The van der Waals surface area contributed by atoms with E-state index in [1.54, 1.807) is 7.05 Å². The Morgan fingerprint density at radius 3 is 1.64 bits per heavy atom. The number of imide groups is 2. The van der Waals surface area contributed by atoms with Gasteiger partial charge in [-0.05, 0) is 64.3 Å². The van der Waals surface area contributed by atoms with Crippen LogP contribution in [0.3, 0.4) is 0 Å². The number of rotatable bonds is 48. The van der Waals surface area contributed by atoms with Crippen LogP contribution in [0.25, 0.3) is 0 Å². The second-order valence-electron chi connectivity index (χ2n) is 20.5. The van der Waals surface area contributed by atoms with Gasteiger partial charge in [0.25, 0.3) is 0 Å². The van der Waals surface area contributed by atoms with Crippen LogP contribution in [0.4, 0.5) is 0 Å². The van der Waals surface area contributed by atoms with Crippen LogP contribution in [0, 0.1) is 0 Å². The van der Waals surface area contributed by atoms with Gasteiger partial charge in [0.1, 0.15) is 12.5 Å². The molecule has 0 aromatic heterocycles. The molecule has 452 valence electrons. The first-order chi connectivity index (χ1) is 38.5. The summed E-state index contributed by atoms with van der Waals surface area (Å²) in [5.74, 6) is -1.62. The summed E-state index contributed by atoms with van der Waals surface area (Å²) >= 11 is 2.56. The summed E-state index contributed by atoms with van der Waals surface area (Å²) < 4.78 is 5.74. The van der Waals surface area contributed by atoms with Gasteiger partial charge in [-0.1, -0.05) is 44.9 Å². The van der Waals surface area contributed by atoms with Crippen molar-refractivity contribution >= 4 is 104 Å². The number of carbonyl (C=O) groups is 12. The van der Waals surface area contributed by atoms with E-state index in [0.29, 0.717) is 76.3 Å². The minimum atomic E-state index is -0.603. The number of thioether (sulfide) groups is 2. The van der Waals surface area contributed by atoms with Gasteiger partial charge >= 0.3 is 0 Å². The van der Waals surface area contributed by atoms with Crippen LogP contribution >= 0.6 is 32.8 Å². The van der Waals surface area contributed by atoms with Crippen molar-refractivity contribution in [1.29, 1.82) is 0 Å². The van der Waals surface area contributed by atoms with E-state index >= 15 is 0 Å². The summed E-state index contributed by atoms with van der Waals surface area (Å²) in [4.78, 5) is 149. The molecule has 0 aromatic rings. The minimum Gasteiger partial charge on any atom is -0.370 e. The van der Waals surface area contributed by atoms with Gasteiger partial charge in [0.05, 0.1) is 22.3 Å². The molecular formula is C54H91N10O13PS2. The van der Waals surface area contributed by atoms with Gasteiger partial charge in [-0.25, -0.2) is 0 Å². The summed E-state index contributed by atoms with van der Waals surface area (Å²) in [5.41, 5.74) is 4.73. The molecule has 3 saturated heterocycles. The van der Waals surface area contributed by atoms with E-state index in [9.17, 15) is 57.5 Å². The molecule has 0 aliphatic carbocycles. The lowest BCUT2D eigenvalue weighted by atomic mass is 10.1. The molecule has 0 bridgehead atoms. The molecule has 3 heterocycles. The molecule has 0 saturated carbocycles. The van der Waals surface area contributed by atoms with Crippen molar-refractivity contribution < 1.29 is 62.3 Å². The highest BCUT2D eigenvalue weighted by Gasteiger charge is 2.39. The molecule has 80 heavy (non-hydrogen) atoms. The average Bonchev–Trinajstić information content (AvgIpc) is 4.08. The Morgan fingerprint density at radius 2 is 1.09 bits per heavy atom. The number of aldehydes is 1. The third kappa shape index (κ3) is 30.4. The number of likely N-dealkylation sites (tertiary alicyclic amines) is 2. The van der Waals surface area contributed by atoms with Crippen LogP contribution in [0.2, 0.25) is 0 Å². The van der Waals surface area contributed by atoms with Crippen LogP contribution in [0.15, 0.2) is 0 Å². The third-order valence-corrected chi connectivity index (χ3v) is 16.7. The monoisotopic (exact) mass is 1180 g/mol. The molecule has 0 aromatic carbocycles. The first-order valence-corrected chi connectivity index (χ1v) is 31.6. The Bertz CT molecular complexity index is 2030. The molecule has 3 aliphatic rings. The van der Waals surface area contributed by atoms with Gasteiger partial charge in [-0.3, -0.25) is 67.9 Å². The fourth-order valence-electron chi connectivity index (χ4n) is 8.95. The van der Waals surface area contributed by atoms with Gasteiger partial charge in [-0.2, -0.15) is 0 Å². The molecule has 0 radical (unpaired) electrons. The van der Waals surface area contributed by atoms with Crippen molar-refractivity contribution in [3.63, 3.8) is 0 Å².